The van der Waals surface area contributed by atoms with Crippen LogP contribution in [0, 0.1) is 5.92 Å². The third kappa shape index (κ3) is 1.38. The summed E-state index contributed by atoms with van der Waals surface area (Å²) in [6.07, 6.45) is 0.0474. The monoisotopic (exact) mass is 176 g/mol. The number of hydrogen-bond acceptors (Lipinski definition) is 2. The molecule has 1 aromatic rings. The third-order valence-electron chi connectivity index (χ3n) is 2.45. The van der Waals surface area contributed by atoms with Gasteiger partial charge in [0.2, 0.25) is 0 Å². The fourth-order valence-corrected chi connectivity index (χ4v) is 1.80. The molecule has 0 amide bonds. The van der Waals surface area contributed by atoms with Gasteiger partial charge in [-0.05, 0) is 16.9 Å². The number of fused-ring (bicyclic) bond motifs is 1. The molecule has 0 saturated heterocycles. The van der Waals surface area contributed by atoms with Crippen molar-refractivity contribution in [3.8, 4) is 0 Å². The minimum Gasteiger partial charge on any atom is -0.423 e. The molecule has 0 radical (unpaired) electrons. The van der Waals surface area contributed by atoms with Gasteiger partial charge in [0.05, 0.1) is 6.10 Å². The van der Waals surface area contributed by atoms with Crippen molar-refractivity contribution in [1.29, 1.82) is 0 Å². The first-order chi connectivity index (χ1) is 6.20. The van der Waals surface area contributed by atoms with Crippen LogP contribution in [0.2, 0.25) is 0 Å². The predicted octanol–water partition coefficient (Wildman–Crippen LogP) is 1.10. The van der Waals surface area contributed by atoms with Gasteiger partial charge in [-0.25, -0.2) is 0 Å². The average molecular weight is 176 g/mol. The fourth-order valence-electron chi connectivity index (χ4n) is 1.80. The third-order valence-corrected chi connectivity index (χ3v) is 2.45. The summed E-state index contributed by atoms with van der Waals surface area (Å²) in [5.74, 6) is 0.401. The normalized spacial score (nSPS) is 20.9. The maximum Gasteiger partial charge on any atom is 0.491 e. The molecule has 1 aliphatic rings. The molecule has 3 heteroatoms. The van der Waals surface area contributed by atoms with Crippen molar-refractivity contribution in [1.82, 2.24) is 0 Å². The van der Waals surface area contributed by atoms with Crippen LogP contribution < -0.4 is 5.46 Å². The van der Waals surface area contributed by atoms with Crippen molar-refractivity contribution in [2.24, 2.45) is 5.92 Å². The number of rotatable bonds is 1. The molecule has 0 bridgehead atoms. The summed E-state index contributed by atoms with van der Waals surface area (Å²) in [7, 11) is -0.733. The molecule has 2 nitrogen and oxygen atoms in total. The minimum absolute atomic E-state index is 0.0474. The Hall–Kier alpha value is -0.795. The molecule has 0 aromatic heterocycles. The van der Waals surface area contributed by atoms with Gasteiger partial charge in [0.1, 0.15) is 0 Å². The first-order valence-corrected chi connectivity index (χ1v) is 4.62. The molecule has 2 rings (SSSR count). The molecule has 0 saturated carbocycles. The molecule has 1 N–H and O–H groups in total. The molecular weight excluding hydrogens is 163 g/mol. The van der Waals surface area contributed by atoms with Crippen molar-refractivity contribution in [2.45, 2.75) is 20.0 Å². The Morgan fingerprint density at radius 1 is 1.38 bits per heavy atom. The smallest absolute Gasteiger partial charge is 0.423 e. The van der Waals surface area contributed by atoms with Crippen LogP contribution >= 0.6 is 0 Å². The molecule has 1 unspecified atom stereocenters. The topological polar surface area (TPSA) is 29.5 Å². The maximum absolute atomic E-state index is 9.58. The van der Waals surface area contributed by atoms with Crippen LogP contribution in [-0.2, 0) is 4.65 Å². The van der Waals surface area contributed by atoms with Crippen LogP contribution in [0.1, 0.15) is 25.5 Å². The van der Waals surface area contributed by atoms with Gasteiger partial charge in [0, 0.05) is 0 Å². The first-order valence-electron chi connectivity index (χ1n) is 4.62. The van der Waals surface area contributed by atoms with Gasteiger partial charge in [-0.15, -0.1) is 0 Å². The zero-order valence-corrected chi connectivity index (χ0v) is 7.90. The van der Waals surface area contributed by atoms with E-state index < -0.39 is 7.12 Å². The molecule has 1 aromatic carbocycles. The van der Waals surface area contributed by atoms with Gasteiger partial charge < -0.3 is 9.68 Å². The van der Waals surface area contributed by atoms with Crippen molar-refractivity contribution >= 4 is 12.6 Å². The highest BCUT2D eigenvalue weighted by Crippen LogP contribution is 2.29. The van der Waals surface area contributed by atoms with E-state index >= 15 is 0 Å². The second kappa shape index (κ2) is 3.16. The van der Waals surface area contributed by atoms with Gasteiger partial charge in [-0.1, -0.05) is 38.1 Å². The molecule has 1 heterocycles. The summed E-state index contributed by atoms with van der Waals surface area (Å²) in [6.45, 7) is 4.19. The Morgan fingerprint density at radius 3 is 2.77 bits per heavy atom. The van der Waals surface area contributed by atoms with E-state index in [0.717, 1.165) is 11.0 Å². The molecule has 0 fully saturated rings. The highest BCUT2D eigenvalue weighted by atomic mass is 16.5. The highest BCUT2D eigenvalue weighted by molar-refractivity contribution is 6.61. The summed E-state index contributed by atoms with van der Waals surface area (Å²) in [5.41, 5.74) is 2.05. The molecule has 0 aliphatic carbocycles. The lowest BCUT2D eigenvalue weighted by Gasteiger charge is -2.15. The van der Waals surface area contributed by atoms with Crippen molar-refractivity contribution in [2.75, 3.05) is 0 Å². The highest BCUT2D eigenvalue weighted by Gasteiger charge is 2.35. The van der Waals surface area contributed by atoms with E-state index in [2.05, 4.69) is 13.8 Å². The van der Waals surface area contributed by atoms with Crippen LogP contribution in [-0.4, -0.2) is 12.1 Å². The van der Waals surface area contributed by atoms with E-state index in [1.54, 1.807) is 0 Å². The largest absolute Gasteiger partial charge is 0.491 e. The number of hydrogen-bond donors (Lipinski definition) is 1. The molecule has 13 heavy (non-hydrogen) atoms. The quantitative estimate of drug-likeness (QED) is 0.649. The second-order valence-corrected chi connectivity index (χ2v) is 3.78. The zero-order chi connectivity index (χ0) is 9.42. The molecule has 1 aliphatic heterocycles. The lowest BCUT2D eigenvalue weighted by atomic mass is 9.79. The van der Waals surface area contributed by atoms with Crippen LogP contribution in [0.15, 0.2) is 24.3 Å². The van der Waals surface area contributed by atoms with E-state index in [1.165, 1.54) is 0 Å². The van der Waals surface area contributed by atoms with E-state index in [9.17, 15) is 5.02 Å². The minimum atomic E-state index is -0.733. The predicted molar refractivity (Wildman–Crippen MR) is 52.7 cm³/mol. The Kier molecular flexibility index (Phi) is 2.14. The van der Waals surface area contributed by atoms with Gasteiger partial charge in [0.25, 0.3) is 0 Å². The molecular formula is C10H13BO2. The van der Waals surface area contributed by atoms with Gasteiger partial charge in [-0.3, -0.25) is 0 Å². The van der Waals surface area contributed by atoms with Crippen LogP contribution in [0.4, 0.5) is 0 Å². The van der Waals surface area contributed by atoms with E-state index in [1.807, 2.05) is 24.3 Å². The van der Waals surface area contributed by atoms with Crippen molar-refractivity contribution < 1.29 is 9.68 Å². The summed E-state index contributed by atoms with van der Waals surface area (Å²) >= 11 is 0. The maximum atomic E-state index is 9.58. The van der Waals surface area contributed by atoms with Crippen molar-refractivity contribution in [3.05, 3.63) is 29.8 Å². The van der Waals surface area contributed by atoms with Crippen LogP contribution in [0.5, 0.6) is 0 Å². The average Bonchev–Trinajstić information content (AvgIpc) is 2.45. The molecule has 1 atom stereocenters. The standard InChI is InChI=1S/C10H13BO2/c1-7(2)10-8-5-3-4-6-9(8)11(12)13-10/h3-7,10,12H,1-2H3. The zero-order valence-electron chi connectivity index (χ0n) is 7.90. The lowest BCUT2D eigenvalue weighted by molar-refractivity contribution is 0.143. The SMILES string of the molecule is CC(C)C1OB(O)c2ccccc21. The van der Waals surface area contributed by atoms with Crippen molar-refractivity contribution in [3.63, 3.8) is 0 Å². The molecule has 68 valence electrons. The van der Waals surface area contributed by atoms with Gasteiger partial charge >= 0.3 is 7.12 Å². The summed E-state index contributed by atoms with van der Waals surface area (Å²) in [6, 6.07) is 7.85. The van der Waals surface area contributed by atoms with Gasteiger partial charge in [0.15, 0.2) is 0 Å². The second-order valence-electron chi connectivity index (χ2n) is 3.78. The summed E-state index contributed by atoms with van der Waals surface area (Å²) in [5, 5.41) is 9.58. The Balaban J connectivity index is 2.41. The summed E-state index contributed by atoms with van der Waals surface area (Å²) < 4.78 is 5.45. The fraction of sp³-hybridized carbons (Fsp3) is 0.400. The lowest BCUT2D eigenvalue weighted by Crippen LogP contribution is -2.27. The summed E-state index contributed by atoms with van der Waals surface area (Å²) in [4.78, 5) is 0. The van der Waals surface area contributed by atoms with Gasteiger partial charge in [-0.2, -0.15) is 0 Å². The van der Waals surface area contributed by atoms with Crippen LogP contribution in [0.3, 0.4) is 0 Å². The molecule has 0 spiro atoms. The van der Waals surface area contributed by atoms with E-state index in [0.29, 0.717) is 5.92 Å². The van der Waals surface area contributed by atoms with Crippen LogP contribution in [0.25, 0.3) is 0 Å². The van der Waals surface area contributed by atoms with E-state index in [4.69, 9.17) is 4.65 Å². The van der Waals surface area contributed by atoms with E-state index in [-0.39, 0.29) is 6.10 Å². The Morgan fingerprint density at radius 2 is 2.08 bits per heavy atom. The number of benzene rings is 1. The Bertz CT molecular complexity index is 312. The Labute approximate surface area is 78.7 Å². The first kappa shape index (κ1) is 8.79.